The predicted molar refractivity (Wildman–Crippen MR) is 120 cm³/mol. The van der Waals surface area contributed by atoms with Crippen LogP contribution in [0.4, 0.5) is 5.69 Å². The molecule has 1 aromatic heterocycles. The number of benzene rings is 3. The number of rotatable bonds is 6. The summed E-state index contributed by atoms with van der Waals surface area (Å²) < 4.78 is 7.94. The Hall–Kier alpha value is -3.60. The molecule has 4 rings (SSSR count). The third-order valence-corrected chi connectivity index (χ3v) is 5.23. The van der Waals surface area contributed by atoms with Gasteiger partial charge in [0.05, 0.1) is 11.0 Å². The highest BCUT2D eigenvalue weighted by atomic mass is 16.5. The molecule has 152 valence electrons. The smallest absolute Gasteiger partial charge is 0.244 e. The first-order valence-electron chi connectivity index (χ1n) is 10.0. The van der Waals surface area contributed by atoms with Gasteiger partial charge in [-0.1, -0.05) is 48.5 Å². The number of para-hydroxylation sites is 4. The molecule has 1 heterocycles. The fraction of sp³-hybridized carbons (Fsp3) is 0.200. The lowest BCUT2D eigenvalue weighted by Crippen LogP contribution is -2.21. The van der Waals surface area contributed by atoms with Gasteiger partial charge >= 0.3 is 0 Å². The molecule has 5 heteroatoms. The van der Waals surface area contributed by atoms with Crippen molar-refractivity contribution in [2.75, 3.05) is 5.32 Å². The summed E-state index contributed by atoms with van der Waals surface area (Å²) >= 11 is 0. The van der Waals surface area contributed by atoms with E-state index in [1.165, 1.54) is 0 Å². The first-order chi connectivity index (χ1) is 14.5. The van der Waals surface area contributed by atoms with Crippen molar-refractivity contribution in [3.63, 3.8) is 0 Å². The van der Waals surface area contributed by atoms with Crippen LogP contribution in [0.5, 0.6) is 5.75 Å². The van der Waals surface area contributed by atoms with Crippen LogP contribution in [-0.4, -0.2) is 15.5 Å². The predicted octanol–water partition coefficient (Wildman–Crippen LogP) is 5.18. The Balaban J connectivity index is 1.60. The average molecular weight is 399 g/mol. The third-order valence-electron chi connectivity index (χ3n) is 5.23. The molecule has 0 aliphatic carbocycles. The minimum Gasteiger partial charge on any atom is -0.485 e. The molecular formula is C25H25N3O2. The Bertz CT molecular complexity index is 1190. The number of nitrogens with one attached hydrogen (secondary N) is 1. The summed E-state index contributed by atoms with van der Waals surface area (Å²) in [4.78, 5) is 17.6. The molecule has 0 saturated carbocycles. The first kappa shape index (κ1) is 19.7. The van der Waals surface area contributed by atoms with Gasteiger partial charge < -0.3 is 14.6 Å². The Morgan fingerprint density at radius 3 is 2.33 bits per heavy atom. The van der Waals surface area contributed by atoms with Crippen molar-refractivity contribution >= 4 is 22.6 Å². The monoisotopic (exact) mass is 399 g/mol. The average Bonchev–Trinajstić information content (AvgIpc) is 3.08. The zero-order valence-corrected chi connectivity index (χ0v) is 17.5. The second kappa shape index (κ2) is 8.41. The SMILES string of the molecule is Cc1ccccc1OCc1nc2ccccc2n1CC(=O)Nc1c(C)cccc1C. The number of hydrogen-bond acceptors (Lipinski definition) is 3. The molecular weight excluding hydrogens is 374 g/mol. The van der Waals surface area contributed by atoms with Gasteiger partial charge in [0.2, 0.25) is 5.91 Å². The Kier molecular flexibility index (Phi) is 5.53. The van der Waals surface area contributed by atoms with Crippen LogP contribution < -0.4 is 10.1 Å². The lowest BCUT2D eigenvalue weighted by Gasteiger charge is -2.14. The molecule has 1 N–H and O–H groups in total. The lowest BCUT2D eigenvalue weighted by molar-refractivity contribution is -0.116. The highest BCUT2D eigenvalue weighted by Gasteiger charge is 2.15. The van der Waals surface area contributed by atoms with E-state index in [0.29, 0.717) is 0 Å². The second-order valence-electron chi connectivity index (χ2n) is 7.47. The van der Waals surface area contributed by atoms with Gasteiger partial charge in [-0.2, -0.15) is 0 Å². The van der Waals surface area contributed by atoms with E-state index in [0.717, 1.165) is 45.0 Å². The van der Waals surface area contributed by atoms with Gasteiger partial charge in [-0.15, -0.1) is 0 Å². The van der Waals surface area contributed by atoms with E-state index in [4.69, 9.17) is 9.72 Å². The minimum absolute atomic E-state index is 0.0901. The fourth-order valence-corrected chi connectivity index (χ4v) is 3.61. The van der Waals surface area contributed by atoms with Crippen molar-refractivity contribution in [2.24, 2.45) is 0 Å². The third kappa shape index (κ3) is 4.06. The Morgan fingerprint density at radius 1 is 0.900 bits per heavy atom. The van der Waals surface area contributed by atoms with Crippen LogP contribution in [0, 0.1) is 20.8 Å². The van der Waals surface area contributed by atoms with Crippen molar-refractivity contribution in [3.05, 3.63) is 89.2 Å². The number of carbonyl (C=O) groups is 1. The van der Waals surface area contributed by atoms with Gasteiger partial charge in [-0.25, -0.2) is 4.98 Å². The number of fused-ring (bicyclic) bond motifs is 1. The number of anilines is 1. The first-order valence-corrected chi connectivity index (χ1v) is 10.0. The summed E-state index contributed by atoms with van der Waals surface area (Å²) in [6.45, 7) is 6.46. The molecule has 0 saturated heterocycles. The molecule has 0 aliphatic heterocycles. The zero-order chi connectivity index (χ0) is 21.1. The van der Waals surface area contributed by atoms with Gasteiger partial charge in [-0.3, -0.25) is 4.79 Å². The lowest BCUT2D eigenvalue weighted by atomic mass is 10.1. The summed E-state index contributed by atoms with van der Waals surface area (Å²) in [7, 11) is 0. The standard InChI is InChI=1S/C25H25N3O2/c1-17-9-4-7-14-22(17)30-16-23-26-20-12-5-6-13-21(20)28(23)15-24(29)27-25-18(2)10-8-11-19(25)3/h4-14H,15-16H2,1-3H3,(H,27,29). The van der Waals surface area contributed by atoms with Gasteiger partial charge in [0.1, 0.15) is 24.7 Å². The molecule has 0 spiro atoms. The number of aryl methyl sites for hydroxylation is 3. The fourth-order valence-electron chi connectivity index (χ4n) is 3.61. The Labute approximate surface area is 176 Å². The van der Waals surface area contributed by atoms with Crippen molar-refractivity contribution in [1.29, 1.82) is 0 Å². The number of amides is 1. The number of hydrogen-bond donors (Lipinski definition) is 1. The summed E-state index contributed by atoms with van der Waals surface area (Å²) in [5.74, 6) is 1.44. The molecule has 0 fully saturated rings. The highest BCUT2D eigenvalue weighted by molar-refractivity contribution is 5.93. The largest absolute Gasteiger partial charge is 0.485 e. The van der Waals surface area contributed by atoms with E-state index in [2.05, 4.69) is 5.32 Å². The maximum atomic E-state index is 12.9. The van der Waals surface area contributed by atoms with Crippen molar-refractivity contribution in [3.8, 4) is 5.75 Å². The van der Waals surface area contributed by atoms with Crippen molar-refractivity contribution < 1.29 is 9.53 Å². The van der Waals surface area contributed by atoms with E-state index in [1.54, 1.807) is 0 Å². The molecule has 0 unspecified atom stereocenters. The van der Waals surface area contributed by atoms with Crippen LogP contribution >= 0.6 is 0 Å². The van der Waals surface area contributed by atoms with Crippen LogP contribution in [0.3, 0.4) is 0 Å². The molecule has 30 heavy (non-hydrogen) atoms. The van der Waals surface area contributed by atoms with Gasteiger partial charge in [0.25, 0.3) is 0 Å². The molecule has 0 aliphatic rings. The number of nitrogens with zero attached hydrogens (tertiary/aromatic N) is 2. The highest BCUT2D eigenvalue weighted by Crippen LogP contribution is 2.22. The molecule has 3 aromatic carbocycles. The number of carbonyl (C=O) groups excluding carboxylic acids is 1. The number of aromatic nitrogens is 2. The van der Waals surface area contributed by atoms with E-state index in [1.807, 2.05) is 92.1 Å². The van der Waals surface area contributed by atoms with E-state index >= 15 is 0 Å². The van der Waals surface area contributed by atoms with Crippen molar-refractivity contribution in [1.82, 2.24) is 9.55 Å². The maximum absolute atomic E-state index is 12.9. The topological polar surface area (TPSA) is 56.2 Å². The van der Waals surface area contributed by atoms with Crippen molar-refractivity contribution in [2.45, 2.75) is 33.9 Å². The van der Waals surface area contributed by atoms with E-state index in [-0.39, 0.29) is 19.1 Å². The molecule has 0 bridgehead atoms. The van der Waals surface area contributed by atoms with Gasteiger partial charge in [-0.05, 0) is 55.7 Å². The normalized spacial score (nSPS) is 10.9. The van der Waals surface area contributed by atoms with Crippen LogP contribution in [0.25, 0.3) is 11.0 Å². The molecule has 4 aromatic rings. The molecule has 5 nitrogen and oxygen atoms in total. The minimum atomic E-state index is -0.0901. The summed E-state index contributed by atoms with van der Waals surface area (Å²) in [5, 5.41) is 3.06. The van der Waals surface area contributed by atoms with E-state index < -0.39 is 0 Å². The van der Waals surface area contributed by atoms with E-state index in [9.17, 15) is 4.79 Å². The van der Waals surface area contributed by atoms with Gasteiger partial charge in [0, 0.05) is 5.69 Å². The van der Waals surface area contributed by atoms with Crippen LogP contribution in [0.15, 0.2) is 66.7 Å². The van der Waals surface area contributed by atoms with Crippen LogP contribution in [0.2, 0.25) is 0 Å². The van der Waals surface area contributed by atoms with Gasteiger partial charge in [0.15, 0.2) is 0 Å². The van der Waals surface area contributed by atoms with Crippen LogP contribution in [-0.2, 0) is 17.9 Å². The maximum Gasteiger partial charge on any atom is 0.244 e. The molecule has 0 radical (unpaired) electrons. The second-order valence-corrected chi connectivity index (χ2v) is 7.47. The summed E-state index contributed by atoms with van der Waals surface area (Å²) in [6.07, 6.45) is 0. The summed E-state index contributed by atoms with van der Waals surface area (Å²) in [6, 6.07) is 21.7. The molecule has 0 atom stereocenters. The summed E-state index contributed by atoms with van der Waals surface area (Å²) in [5.41, 5.74) is 5.78. The van der Waals surface area contributed by atoms with Crippen LogP contribution in [0.1, 0.15) is 22.5 Å². The zero-order valence-electron chi connectivity index (χ0n) is 17.5. The molecule has 1 amide bonds. The quantitative estimate of drug-likeness (QED) is 0.486. The number of ether oxygens (including phenoxy) is 1. The number of imidazole rings is 1. The Morgan fingerprint density at radius 2 is 1.57 bits per heavy atom.